The number of hydrogen-bond donors (Lipinski definition) is 0. The van der Waals surface area contributed by atoms with Crippen LogP contribution in [-0.2, 0) is 18.3 Å². The minimum atomic E-state index is -0.0329. The van der Waals surface area contributed by atoms with E-state index in [4.69, 9.17) is 9.47 Å². The fourth-order valence-corrected chi connectivity index (χ4v) is 3.35. The topological polar surface area (TPSA) is 56.6 Å². The molecule has 0 saturated heterocycles. The number of aromatic nitrogens is 2. The van der Waals surface area contributed by atoms with Crippen LogP contribution < -0.4 is 9.47 Å². The number of rotatable bonds is 5. The Labute approximate surface area is 154 Å². The molecular formula is C20H27N3O3. The Balaban J connectivity index is 1.66. The van der Waals surface area contributed by atoms with Crippen molar-refractivity contribution < 1.29 is 14.3 Å². The molecule has 1 amide bonds. The van der Waals surface area contributed by atoms with E-state index in [1.165, 1.54) is 5.56 Å². The summed E-state index contributed by atoms with van der Waals surface area (Å²) in [7, 11) is 3.79. The summed E-state index contributed by atoms with van der Waals surface area (Å²) in [6.07, 6.45) is 1.18. The zero-order valence-electron chi connectivity index (χ0n) is 16.2. The van der Waals surface area contributed by atoms with Gasteiger partial charge in [0, 0.05) is 26.2 Å². The number of carbonyl (C=O) groups is 1. The summed E-state index contributed by atoms with van der Waals surface area (Å²) in [5.41, 5.74) is 4.33. The van der Waals surface area contributed by atoms with E-state index in [1.54, 1.807) is 4.90 Å². The number of ether oxygens (including phenoxy) is 2. The van der Waals surface area contributed by atoms with Gasteiger partial charge in [0.15, 0.2) is 11.5 Å². The smallest absolute Gasteiger partial charge is 0.223 e. The van der Waals surface area contributed by atoms with E-state index in [0.717, 1.165) is 28.5 Å². The number of benzene rings is 1. The predicted octanol–water partition coefficient (Wildman–Crippen LogP) is 2.96. The fraction of sp³-hybridized carbons (Fsp3) is 0.500. The molecule has 0 aliphatic carbocycles. The summed E-state index contributed by atoms with van der Waals surface area (Å²) in [5, 5.41) is 4.42. The van der Waals surface area contributed by atoms with E-state index in [2.05, 4.69) is 5.10 Å². The van der Waals surface area contributed by atoms with Crippen LogP contribution in [0.15, 0.2) is 18.2 Å². The molecule has 3 rings (SSSR count). The van der Waals surface area contributed by atoms with Crippen molar-refractivity contribution in [1.82, 2.24) is 14.7 Å². The monoisotopic (exact) mass is 357 g/mol. The number of aryl methyl sites for hydroxylation is 2. The Morgan fingerprint density at radius 1 is 1.27 bits per heavy atom. The van der Waals surface area contributed by atoms with Crippen LogP contribution in [0, 0.1) is 13.8 Å². The standard InChI is InChI=1S/C20H27N3O3/c1-13-17(15(3)23(5)21-13)7-9-20(24)22(4)14(2)16-6-8-18-19(12-16)26-11-10-25-18/h6,8,12,14H,7,9-11H2,1-5H3. The summed E-state index contributed by atoms with van der Waals surface area (Å²) in [6.45, 7) is 7.20. The molecule has 1 aliphatic rings. The van der Waals surface area contributed by atoms with Gasteiger partial charge in [-0.25, -0.2) is 0 Å². The predicted molar refractivity (Wildman–Crippen MR) is 99.6 cm³/mol. The molecule has 0 spiro atoms. The van der Waals surface area contributed by atoms with Crippen molar-refractivity contribution in [2.24, 2.45) is 7.05 Å². The Kier molecular flexibility index (Phi) is 5.20. The number of hydrogen-bond acceptors (Lipinski definition) is 4. The first-order valence-electron chi connectivity index (χ1n) is 9.02. The SMILES string of the molecule is Cc1nn(C)c(C)c1CCC(=O)N(C)C(C)c1ccc2c(c1)OCCO2. The van der Waals surface area contributed by atoms with Gasteiger partial charge in [0.1, 0.15) is 13.2 Å². The molecular weight excluding hydrogens is 330 g/mol. The Morgan fingerprint density at radius 3 is 2.62 bits per heavy atom. The second kappa shape index (κ2) is 7.40. The summed E-state index contributed by atoms with van der Waals surface area (Å²) < 4.78 is 13.1. The minimum Gasteiger partial charge on any atom is -0.486 e. The summed E-state index contributed by atoms with van der Waals surface area (Å²) in [4.78, 5) is 14.5. The van der Waals surface area contributed by atoms with Crippen LogP contribution in [0.4, 0.5) is 0 Å². The molecule has 0 fully saturated rings. The first-order valence-corrected chi connectivity index (χ1v) is 9.02. The molecule has 1 atom stereocenters. The normalized spacial score (nSPS) is 14.2. The molecule has 2 aromatic rings. The molecule has 6 nitrogen and oxygen atoms in total. The largest absolute Gasteiger partial charge is 0.486 e. The van der Waals surface area contributed by atoms with E-state index >= 15 is 0 Å². The highest BCUT2D eigenvalue weighted by atomic mass is 16.6. The number of nitrogens with zero attached hydrogens (tertiary/aromatic N) is 3. The quantitative estimate of drug-likeness (QED) is 0.825. The van der Waals surface area contributed by atoms with Gasteiger partial charge < -0.3 is 14.4 Å². The van der Waals surface area contributed by atoms with E-state index in [0.29, 0.717) is 26.1 Å². The van der Waals surface area contributed by atoms with Gasteiger partial charge in [0.2, 0.25) is 5.91 Å². The number of amides is 1. The molecule has 1 aromatic carbocycles. The van der Waals surface area contributed by atoms with Gasteiger partial charge in [0.25, 0.3) is 0 Å². The van der Waals surface area contributed by atoms with E-state index in [1.807, 2.05) is 57.7 Å². The van der Waals surface area contributed by atoms with Gasteiger partial charge in [0.05, 0.1) is 11.7 Å². The van der Waals surface area contributed by atoms with Crippen LogP contribution in [-0.4, -0.2) is 40.8 Å². The Hall–Kier alpha value is -2.50. The van der Waals surface area contributed by atoms with Crippen LogP contribution in [0.1, 0.15) is 41.9 Å². The minimum absolute atomic E-state index is 0.0329. The van der Waals surface area contributed by atoms with Crippen molar-refractivity contribution in [2.75, 3.05) is 20.3 Å². The second-order valence-electron chi connectivity index (χ2n) is 6.86. The molecule has 0 radical (unpaired) electrons. The van der Waals surface area contributed by atoms with Gasteiger partial charge in [-0.05, 0) is 50.5 Å². The van der Waals surface area contributed by atoms with E-state index < -0.39 is 0 Å². The van der Waals surface area contributed by atoms with Crippen LogP contribution >= 0.6 is 0 Å². The average molecular weight is 357 g/mol. The molecule has 1 aromatic heterocycles. The lowest BCUT2D eigenvalue weighted by molar-refractivity contribution is -0.131. The number of fused-ring (bicyclic) bond motifs is 1. The third kappa shape index (κ3) is 3.54. The van der Waals surface area contributed by atoms with Gasteiger partial charge in [-0.1, -0.05) is 6.07 Å². The molecule has 0 N–H and O–H groups in total. The molecule has 0 bridgehead atoms. The van der Waals surface area contributed by atoms with Gasteiger partial charge in [-0.15, -0.1) is 0 Å². The van der Waals surface area contributed by atoms with Crippen molar-refractivity contribution in [3.05, 3.63) is 40.7 Å². The molecule has 1 aliphatic heterocycles. The molecule has 6 heteroatoms. The van der Waals surface area contributed by atoms with Crippen LogP contribution in [0.3, 0.4) is 0 Å². The van der Waals surface area contributed by atoms with Crippen molar-refractivity contribution in [2.45, 2.75) is 39.7 Å². The summed E-state index contributed by atoms with van der Waals surface area (Å²) in [6, 6.07) is 5.85. The Bertz CT molecular complexity index is 813. The maximum atomic E-state index is 12.7. The van der Waals surface area contributed by atoms with Crippen LogP contribution in [0.5, 0.6) is 11.5 Å². The summed E-state index contributed by atoms with van der Waals surface area (Å²) >= 11 is 0. The van der Waals surface area contributed by atoms with Crippen molar-refractivity contribution in [1.29, 1.82) is 0 Å². The highest BCUT2D eigenvalue weighted by molar-refractivity contribution is 5.76. The third-order valence-electron chi connectivity index (χ3n) is 5.27. The van der Waals surface area contributed by atoms with Crippen molar-refractivity contribution in [3.8, 4) is 11.5 Å². The number of carbonyl (C=O) groups excluding carboxylic acids is 1. The maximum absolute atomic E-state index is 12.7. The van der Waals surface area contributed by atoms with Crippen molar-refractivity contribution in [3.63, 3.8) is 0 Å². The van der Waals surface area contributed by atoms with Gasteiger partial charge in [-0.3, -0.25) is 9.48 Å². The van der Waals surface area contributed by atoms with Crippen molar-refractivity contribution >= 4 is 5.91 Å². The van der Waals surface area contributed by atoms with Gasteiger partial charge in [-0.2, -0.15) is 5.10 Å². The molecule has 2 heterocycles. The fourth-order valence-electron chi connectivity index (χ4n) is 3.35. The lowest BCUT2D eigenvalue weighted by Crippen LogP contribution is -2.30. The lowest BCUT2D eigenvalue weighted by Gasteiger charge is -2.27. The second-order valence-corrected chi connectivity index (χ2v) is 6.86. The average Bonchev–Trinajstić information content (AvgIpc) is 2.89. The first-order chi connectivity index (χ1) is 12.4. The first kappa shape index (κ1) is 18.3. The molecule has 140 valence electrons. The highest BCUT2D eigenvalue weighted by Crippen LogP contribution is 2.33. The molecule has 1 unspecified atom stereocenters. The summed E-state index contributed by atoms with van der Waals surface area (Å²) in [5.74, 6) is 1.64. The Morgan fingerprint density at radius 2 is 1.96 bits per heavy atom. The zero-order valence-corrected chi connectivity index (χ0v) is 16.2. The van der Waals surface area contributed by atoms with Crippen LogP contribution in [0.2, 0.25) is 0 Å². The molecule has 0 saturated carbocycles. The van der Waals surface area contributed by atoms with E-state index in [-0.39, 0.29) is 11.9 Å². The zero-order chi connectivity index (χ0) is 18.8. The lowest BCUT2D eigenvalue weighted by atomic mass is 10.0. The third-order valence-corrected chi connectivity index (χ3v) is 5.27. The van der Waals surface area contributed by atoms with E-state index in [9.17, 15) is 4.79 Å². The molecule has 26 heavy (non-hydrogen) atoms. The van der Waals surface area contributed by atoms with Crippen LogP contribution in [0.25, 0.3) is 0 Å². The highest BCUT2D eigenvalue weighted by Gasteiger charge is 2.21. The maximum Gasteiger partial charge on any atom is 0.223 e. The van der Waals surface area contributed by atoms with Gasteiger partial charge >= 0.3 is 0 Å².